The molecule has 0 atom stereocenters. The SMILES string of the molecule is CC(C)(C)OC(=O)CCOCCOCCOCCNS(=O)(=O)c1cccc(Br)c1. The van der Waals surface area contributed by atoms with Gasteiger partial charge in [0.1, 0.15) is 5.60 Å². The van der Waals surface area contributed by atoms with Crippen LogP contribution in [-0.2, 0) is 33.8 Å². The minimum absolute atomic E-state index is 0.169. The van der Waals surface area contributed by atoms with Crippen LogP contribution in [0.1, 0.15) is 27.2 Å². The van der Waals surface area contributed by atoms with Crippen molar-refractivity contribution in [2.45, 2.75) is 37.7 Å². The van der Waals surface area contributed by atoms with Crippen LogP contribution in [0, 0.1) is 0 Å². The summed E-state index contributed by atoms with van der Waals surface area (Å²) >= 11 is 3.25. The number of hydrogen-bond acceptors (Lipinski definition) is 7. The van der Waals surface area contributed by atoms with Crippen LogP contribution in [0.15, 0.2) is 33.6 Å². The number of ether oxygens (including phenoxy) is 4. The molecule has 0 amide bonds. The second-order valence-corrected chi connectivity index (χ2v) is 9.71. The van der Waals surface area contributed by atoms with Gasteiger partial charge in [0.2, 0.25) is 10.0 Å². The second kappa shape index (κ2) is 13.3. The van der Waals surface area contributed by atoms with Gasteiger partial charge in [-0.2, -0.15) is 0 Å². The Kier molecular flexibility index (Phi) is 11.9. The number of nitrogens with one attached hydrogen (secondary N) is 1. The molecule has 0 aliphatic rings. The Labute approximate surface area is 181 Å². The van der Waals surface area contributed by atoms with Crippen molar-refractivity contribution in [2.75, 3.05) is 46.2 Å². The van der Waals surface area contributed by atoms with Crippen molar-refractivity contribution in [3.05, 3.63) is 28.7 Å². The van der Waals surface area contributed by atoms with Crippen LogP contribution in [0.3, 0.4) is 0 Å². The summed E-state index contributed by atoms with van der Waals surface area (Å²) in [5.41, 5.74) is -0.488. The number of esters is 1. The number of carbonyl (C=O) groups excluding carboxylic acids is 1. The van der Waals surface area contributed by atoms with E-state index in [2.05, 4.69) is 20.7 Å². The maximum absolute atomic E-state index is 12.1. The Balaban J connectivity index is 1.97. The van der Waals surface area contributed by atoms with Gasteiger partial charge in [0.15, 0.2) is 0 Å². The molecule has 166 valence electrons. The lowest BCUT2D eigenvalue weighted by molar-refractivity contribution is -0.156. The van der Waals surface area contributed by atoms with Crippen LogP contribution in [0.2, 0.25) is 0 Å². The van der Waals surface area contributed by atoms with E-state index in [1.54, 1.807) is 12.1 Å². The number of hydrogen-bond donors (Lipinski definition) is 1. The molecule has 29 heavy (non-hydrogen) atoms. The number of rotatable bonds is 14. The number of sulfonamides is 1. The van der Waals surface area contributed by atoms with Crippen molar-refractivity contribution >= 4 is 31.9 Å². The van der Waals surface area contributed by atoms with Crippen LogP contribution in [0.25, 0.3) is 0 Å². The van der Waals surface area contributed by atoms with E-state index in [0.29, 0.717) is 30.9 Å². The fraction of sp³-hybridized carbons (Fsp3) is 0.632. The van der Waals surface area contributed by atoms with Gasteiger partial charge in [0.25, 0.3) is 0 Å². The molecule has 0 aliphatic heterocycles. The quantitative estimate of drug-likeness (QED) is 0.312. The highest BCUT2D eigenvalue weighted by Crippen LogP contribution is 2.15. The minimum Gasteiger partial charge on any atom is -0.460 e. The fourth-order valence-electron chi connectivity index (χ4n) is 2.06. The molecule has 0 saturated carbocycles. The monoisotopic (exact) mass is 495 g/mol. The predicted octanol–water partition coefficient (Wildman–Crippen LogP) is 2.51. The van der Waals surface area contributed by atoms with Crippen molar-refractivity contribution in [1.29, 1.82) is 0 Å². The molecule has 0 saturated heterocycles. The molecular formula is C19H30BrNO7S. The van der Waals surface area contributed by atoms with E-state index < -0.39 is 15.6 Å². The van der Waals surface area contributed by atoms with E-state index in [1.165, 1.54) is 12.1 Å². The van der Waals surface area contributed by atoms with Gasteiger partial charge < -0.3 is 18.9 Å². The predicted molar refractivity (Wildman–Crippen MR) is 112 cm³/mol. The first-order chi connectivity index (χ1) is 13.6. The maximum Gasteiger partial charge on any atom is 0.308 e. The standard InChI is InChI=1S/C19H30BrNO7S/c1-19(2,3)28-18(22)7-9-25-11-13-27-14-12-26-10-8-21-29(23,24)17-6-4-5-16(20)15-17/h4-6,15,21H,7-14H2,1-3H3. The average molecular weight is 496 g/mol. The summed E-state index contributed by atoms with van der Waals surface area (Å²) in [6, 6.07) is 6.48. The Bertz CT molecular complexity index is 720. The lowest BCUT2D eigenvalue weighted by Gasteiger charge is -2.19. The van der Waals surface area contributed by atoms with E-state index in [0.717, 1.165) is 0 Å². The molecule has 0 unspecified atom stereocenters. The topological polar surface area (TPSA) is 100 Å². The summed E-state index contributed by atoms with van der Waals surface area (Å²) in [6.07, 6.45) is 0.205. The average Bonchev–Trinajstić information content (AvgIpc) is 2.61. The van der Waals surface area contributed by atoms with E-state index in [-0.39, 0.29) is 37.0 Å². The van der Waals surface area contributed by atoms with Crippen molar-refractivity contribution in [3.63, 3.8) is 0 Å². The lowest BCUT2D eigenvalue weighted by atomic mass is 10.2. The van der Waals surface area contributed by atoms with Crippen molar-refractivity contribution < 1.29 is 32.2 Å². The molecule has 0 radical (unpaired) electrons. The molecule has 0 bridgehead atoms. The van der Waals surface area contributed by atoms with Gasteiger partial charge in [0.05, 0.1) is 51.0 Å². The van der Waals surface area contributed by atoms with Crippen LogP contribution >= 0.6 is 15.9 Å². The summed E-state index contributed by atoms with van der Waals surface area (Å²) in [5, 5.41) is 0. The molecule has 0 fully saturated rings. The zero-order valence-electron chi connectivity index (χ0n) is 17.1. The van der Waals surface area contributed by atoms with Crippen molar-refractivity contribution in [3.8, 4) is 0 Å². The largest absolute Gasteiger partial charge is 0.460 e. The minimum atomic E-state index is -3.55. The van der Waals surface area contributed by atoms with E-state index in [1.807, 2.05) is 20.8 Å². The van der Waals surface area contributed by atoms with E-state index in [4.69, 9.17) is 18.9 Å². The first-order valence-electron chi connectivity index (χ1n) is 9.30. The Morgan fingerprint density at radius 1 is 1.00 bits per heavy atom. The fourth-order valence-corrected chi connectivity index (χ4v) is 3.66. The molecule has 0 aromatic heterocycles. The third kappa shape index (κ3) is 13.0. The molecule has 0 heterocycles. The normalized spacial score (nSPS) is 12.1. The van der Waals surface area contributed by atoms with Gasteiger partial charge in [-0.1, -0.05) is 22.0 Å². The van der Waals surface area contributed by atoms with E-state index >= 15 is 0 Å². The van der Waals surface area contributed by atoms with E-state index in [9.17, 15) is 13.2 Å². The Morgan fingerprint density at radius 3 is 2.17 bits per heavy atom. The Hall–Kier alpha value is -1.04. The zero-order valence-corrected chi connectivity index (χ0v) is 19.5. The first-order valence-corrected chi connectivity index (χ1v) is 11.6. The summed E-state index contributed by atoms with van der Waals surface area (Å²) in [7, 11) is -3.55. The molecule has 10 heteroatoms. The zero-order chi connectivity index (χ0) is 21.8. The first kappa shape index (κ1) is 26.0. The van der Waals surface area contributed by atoms with Crippen LogP contribution in [-0.4, -0.2) is 66.2 Å². The number of carbonyl (C=O) groups is 1. The van der Waals surface area contributed by atoms with Gasteiger partial charge in [-0.25, -0.2) is 13.1 Å². The lowest BCUT2D eigenvalue weighted by Crippen LogP contribution is -2.27. The van der Waals surface area contributed by atoms with Crippen LogP contribution in [0.5, 0.6) is 0 Å². The highest BCUT2D eigenvalue weighted by molar-refractivity contribution is 9.10. The molecule has 1 N–H and O–H groups in total. The molecule has 1 aromatic rings. The summed E-state index contributed by atoms with van der Waals surface area (Å²) in [4.78, 5) is 11.7. The van der Waals surface area contributed by atoms with Gasteiger partial charge in [-0.3, -0.25) is 4.79 Å². The highest BCUT2D eigenvalue weighted by atomic mass is 79.9. The highest BCUT2D eigenvalue weighted by Gasteiger charge is 2.15. The molecule has 0 aliphatic carbocycles. The van der Waals surface area contributed by atoms with Gasteiger partial charge in [0, 0.05) is 11.0 Å². The molecular weight excluding hydrogens is 466 g/mol. The number of benzene rings is 1. The smallest absolute Gasteiger partial charge is 0.308 e. The summed E-state index contributed by atoms with van der Waals surface area (Å²) in [6.45, 7) is 7.61. The third-order valence-corrected chi connectivity index (χ3v) is 5.21. The summed E-state index contributed by atoms with van der Waals surface area (Å²) < 4.78 is 48.5. The second-order valence-electron chi connectivity index (χ2n) is 7.03. The van der Waals surface area contributed by atoms with Gasteiger partial charge in [-0.05, 0) is 39.0 Å². The van der Waals surface area contributed by atoms with Crippen LogP contribution < -0.4 is 4.72 Å². The van der Waals surface area contributed by atoms with Gasteiger partial charge >= 0.3 is 5.97 Å². The molecule has 0 spiro atoms. The van der Waals surface area contributed by atoms with Crippen LogP contribution in [0.4, 0.5) is 0 Å². The van der Waals surface area contributed by atoms with Gasteiger partial charge in [-0.15, -0.1) is 0 Å². The van der Waals surface area contributed by atoms with Crippen molar-refractivity contribution in [2.24, 2.45) is 0 Å². The van der Waals surface area contributed by atoms with Crippen molar-refractivity contribution in [1.82, 2.24) is 4.72 Å². The molecule has 1 aromatic carbocycles. The Morgan fingerprint density at radius 2 is 1.59 bits per heavy atom. The number of halogens is 1. The maximum atomic E-state index is 12.1. The molecule has 8 nitrogen and oxygen atoms in total. The third-order valence-electron chi connectivity index (χ3n) is 3.26. The molecule has 1 rings (SSSR count). The summed E-state index contributed by atoms with van der Waals surface area (Å²) in [5.74, 6) is -0.289.